The molecule has 0 aromatic rings. The van der Waals surface area contributed by atoms with E-state index in [1.165, 1.54) is 4.90 Å². The van der Waals surface area contributed by atoms with Crippen molar-refractivity contribution in [1.82, 2.24) is 4.90 Å². The smallest absolute Gasteiger partial charge is 0.410 e. The van der Waals surface area contributed by atoms with Crippen molar-refractivity contribution >= 4 is 6.09 Å². The summed E-state index contributed by atoms with van der Waals surface area (Å²) < 4.78 is 5.11. The lowest BCUT2D eigenvalue weighted by Gasteiger charge is -2.26. The second kappa shape index (κ2) is 3.78. The molecule has 71 valence electrons. The van der Waals surface area contributed by atoms with Crippen LogP contribution in [-0.4, -0.2) is 29.7 Å². The zero-order chi connectivity index (χ0) is 9.94. The lowest BCUT2D eigenvalue weighted by atomic mass is 10.2. The van der Waals surface area contributed by atoms with Gasteiger partial charge in [-0.25, -0.2) is 4.79 Å². The maximum Gasteiger partial charge on any atom is 0.410 e. The molecule has 0 aliphatic heterocycles. The second-order valence-corrected chi connectivity index (χ2v) is 3.94. The van der Waals surface area contributed by atoms with Gasteiger partial charge in [0, 0.05) is 13.1 Å². The lowest BCUT2D eigenvalue weighted by Crippen LogP contribution is -2.38. The molecule has 0 saturated carbocycles. The highest BCUT2D eigenvalue weighted by Crippen LogP contribution is 2.09. The van der Waals surface area contributed by atoms with Crippen molar-refractivity contribution in [2.45, 2.75) is 39.3 Å². The number of carbonyl (C=O) groups is 1. The molecule has 0 saturated heterocycles. The predicted molar refractivity (Wildman–Crippen MR) is 48.8 cm³/mol. The van der Waals surface area contributed by atoms with Gasteiger partial charge < -0.3 is 9.64 Å². The van der Waals surface area contributed by atoms with Crippen molar-refractivity contribution in [3.8, 4) is 0 Å². The number of nitrogens with zero attached hydrogens (tertiary/aromatic N) is 1. The average molecular weight is 172 g/mol. The first-order valence-corrected chi connectivity index (χ1v) is 4.03. The number of carbonyl (C=O) groups excluding carboxylic acids is 1. The summed E-state index contributed by atoms with van der Waals surface area (Å²) >= 11 is 0. The Kier molecular flexibility index (Phi) is 3.55. The van der Waals surface area contributed by atoms with Crippen LogP contribution in [0, 0.1) is 6.92 Å². The maximum absolute atomic E-state index is 11.3. The number of amides is 1. The van der Waals surface area contributed by atoms with Gasteiger partial charge in [0.05, 0.1) is 0 Å². The van der Waals surface area contributed by atoms with Crippen LogP contribution in [0.5, 0.6) is 0 Å². The van der Waals surface area contributed by atoms with Crippen LogP contribution in [0.25, 0.3) is 0 Å². The minimum absolute atomic E-state index is 0.0696. The molecule has 0 aromatic carbocycles. The molecule has 12 heavy (non-hydrogen) atoms. The van der Waals surface area contributed by atoms with E-state index >= 15 is 0 Å². The SMILES string of the molecule is [CH2][C@@H](C)N(C)C(=O)OC(C)(C)C. The molecule has 0 bridgehead atoms. The highest BCUT2D eigenvalue weighted by Gasteiger charge is 2.20. The third-order valence-electron chi connectivity index (χ3n) is 1.34. The molecule has 3 heteroatoms. The van der Waals surface area contributed by atoms with Crippen molar-refractivity contribution in [1.29, 1.82) is 0 Å². The van der Waals surface area contributed by atoms with E-state index in [9.17, 15) is 4.79 Å². The summed E-state index contributed by atoms with van der Waals surface area (Å²) in [5, 5.41) is 0. The van der Waals surface area contributed by atoms with Gasteiger partial charge in [-0.1, -0.05) is 0 Å². The van der Waals surface area contributed by atoms with Crippen molar-refractivity contribution in [2.75, 3.05) is 7.05 Å². The molecule has 0 aliphatic carbocycles. The van der Waals surface area contributed by atoms with Gasteiger partial charge in [-0.2, -0.15) is 0 Å². The van der Waals surface area contributed by atoms with Crippen molar-refractivity contribution in [2.24, 2.45) is 0 Å². The minimum Gasteiger partial charge on any atom is -0.444 e. The highest BCUT2D eigenvalue weighted by molar-refractivity contribution is 5.68. The standard InChI is InChI=1S/C9H18NO2/c1-7(2)10(6)8(11)12-9(3,4)5/h7H,1H2,2-6H3/t7-/m0/s1. The Morgan fingerprint density at radius 1 is 1.50 bits per heavy atom. The fourth-order valence-electron chi connectivity index (χ4n) is 0.514. The zero-order valence-electron chi connectivity index (χ0n) is 8.55. The monoisotopic (exact) mass is 172 g/mol. The van der Waals surface area contributed by atoms with E-state index in [0.29, 0.717) is 0 Å². The molecule has 0 spiro atoms. The van der Waals surface area contributed by atoms with E-state index in [4.69, 9.17) is 4.74 Å². The number of hydrogen-bond donors (Lipinski definition) is 0. The third-order valence-corrected chi connectivity index (χ3v) is 1.34. The summed E-state index contributed by atoms with van der Waals surface area (Å²) in [6.07, 6.45) is -0.329. The summed E-state index contributed by atoms with van der Waals surface area (Å²) in [7, 11) is 1.67. The molecule has 1 atom stereocenters. The molecule has 3 nitrogen and oxygen atoms in total. The van der Waals surface area contributed by atoms with Gasteiger partial charge in [-0.15, -0.1) is 0 Å². The van der Waals surface area contributed by atoms with Crippen LogP contribution in [0.2, 0.25) is 0 Å². The van der Waals surface area contributed by atoms with Crippen LogP contribution in [-0.2, 0) is 4.74 Å². The van der Waals surface area contributed by atoms with Crippen LogP contribution >= 0.6 is 0 Å². The Morgan fingerprint density at radius 3 is 2.17 bits per heavy atom. The Hall–Kier alpha value is -0.730. The van der Waals surface area contributed by atoms with E-state index in [2.05, 4.69) is 6.92 Å². The molecule has 0 heterocycles. The molecule has 0 aliphatic rings. The summed E-state index contributed by atoms with van der Waals surface area (Å²) in [5.74, 6) is 0. The molecule has 0 rings (SSSR count). The minimum atomic E-state index is -0.430. The van der Waals surface area contributed by atoms with E-state index in [-0.39, 0.29) is 12.1 Å². The van der Waals surface area contributed by atoms with Gasteiger partial charge in [0.2, 0.25) is 0 Å². The van der Waals surface area contributed by atoms with Crippen molar-refractivity contribution < 1.29 is 9.53 Å². The van der Waals surface area contributed by atoms with Gasteiger partial charge in [0.1, 0.15) is 5.60 Å². The van der Waals surface area contributed by atoms with Crippen molar-refractivity contribution in [3.05, 3.63) is 6.92 Å². The first-order valence-electron chi connectivity index (χ1n) is 4.03. The van der Waals surface area contributed by atoms with E-state index < -0.39 is 5.60 Å². The molecular formula is C9H18NO2. The topological polar surface area (TPSA) is 29.5 Å². The Morgan fingerprint density at radius 2 is 1.92 bits per heavy atom. The zero-order valence-corrected chi connectivity index (χ0v) is 8.55. The normalized spacial score (nSPS) is 11.6. The maximum atomic E-state index is 11.3. The summed E-state index contributed by atoms with van der Waals surface area (Å²) in [6.45, 7) is 11.1. The van der Waals surface area contributed by atoms with Gasteiger partial charge in [-0.05, 0) is 34.6 Å². The first kappa shape index (κ1) is 11.3. The molecule has 0 aromatic heterocycles. The number of rotatable bonds is 1. The van der Waals surface area contributed by atoms with Crippen LogP contribution in [0.4, 0.5) is 4.79 Å². The quantitative estimate of drug-likeness (QED) is 0.606. The summed E-state index contributed by atoms with van der Waals surface area (Å²) in [4.78, 5) is 12.7. The number of ether oxygens (including phenoxy) is 1. The molecular weight excluding hydrogens is 154 g/mol. The second-order valence-electron chi connectivity index (χ2n) is 3.94. The van der Waals surface area contributed by atoms with Gasteiger partial charge in [-0.3, -0.25) is 0 Å². The Bertz CT molecular complexity index is 158. The fraction of sp³-hybridized carbons (Fsp3) is 0.778. The van der Waals surface area contributed by atoms with E-state index in [1.807, 2.05) is 27.7 Å². The molecule has 1 amide bonds. The Balaban J connectivity index is 4.05. The average Bonchev–Trinajstić information content (AvgIpc) is 1.82. The molecule has 0 fully saturated rings. The lowest BCUT2D eigenvalue weighted by molar-refractivity contribution is 0.0265. The van der Waals surface area contributed by atoms with Crippen LogP contribution < -0.4 is 0 Å². The molecule has 1 radical (unpaired) electrons. The predicted octanol–water partition coefficient (Wildman–Crippen LogP) is 2.08. The van der Waals surface area contributed by atoms with Gasteiger partial charge in [0.25, 0.3) is 0 Å². The summed E-state index contributed by atoms with van der Waals surface area (Å²) in [5.41, 5.74) is -0.430. The van der Waals surface area contributed by atoms with Crippen LogP contribution in [0.3, 0.4) is 0 Å². The highest BCUT2D eigenvalue weighted by atomic mass is 16.6. The van der Waals surface area contributed by atoms with Crippen LogP contribution in [0.15, 0.2) is 0 Å². The number of hydrogen-bond acceptors (Lipinski definition) is 2. The van der Waals surface area contributed by atoms with Crippen molar-refractivity contribution in [3.63, 3.8) is 0 Å². The fourth-order valence-corrected chi connectivity index (χ4v) is 0.514. The molecule has 0 N–H and O–H groups in total. The van der Waals surface area contributed by atoms with Gasteiger partial charge in [0.15, 0.2) is 0 Å². The largest absolute Gasteiger partial charge is 0.444 e. The Labute approximate surface area is 74.7 Å². The van der Waals surface area contributed by atoms with E-state index in [1.54, 1.807) is 7.05 Å². The molecule has 0 unspecified atom stereocenters. The van der Waals surface area contributed by atoms with Crippen LogP contribution in [0.1, 0.15) is 27.7 Å². The van der Waals surface area contributed by atoms with Gasteiger partial charge >= 0.3 is 6.09 Å². The third kappa shape index (κ3) is 4.21. The summed E-state index contributed by atoms with van der Waals surface area (Å²) in [6, 6.07) is -0.0696. The first-order chi connectivity index (χ1) is 5.24. The van der Waals surface area contributed by atoms with E-state index in [0.717, 1.165) is 0 Å².